The third-order valence-corrected chi connectivity index (χ3v) is 4.01. The molecule has 1 aromatic heterocycles. The first-order chi connectivity index (χ1) is 11.1. The highest BCUT2D eigenvalue weighted by molar-refractivity contribution is 7.18. The van der Waals surface area contributed by atoms with Gasteiger partial charge in [0.15, 0.2) is 0 Å². The van der Waals surface area contributed by atoms with Crippen molar-refractivity contribution in [2.75, 3.05) is 12.3 Å². The number of nitriles is 2. The maximum Gasteiger partial charge on any atom is 0.348 e. The molecule has 0 fully saturated rings. The first-order valence-corrected chi connectivity index (χ1v) is 7.53. The number of carbonyl (C=O) groups is 1. The number of nitrogens with two attached hydrogens (primary N) is 1. The Morgan fingerprint density at radius 3 is 2.52 bits per heavy atom. The Balaban J connectivity index is 2.25. The van der Waals surface area contributed by atoms with Gasteiger partial charge in [-0.3, -0.25) is 0 Å². The normalized spacial score (nSPS) is 9.70. The number of benzene rings is 1. The van der Waals surface area contributed by atoms with Crippen molar-refractivity contribution in [3.63, 3.8) is 0 Å². The molecule has 1 aromatic carbocycles. The van der Waals surface area contributed by atoms with E-state index in [4.69, 9.17) is 20.5 Å². The van der Waals surface area contributed by atoms with E-state index in [0.717, 1.165) is 11.3 Å². The van der Waals surface area contributed by atoms with Crippen LogP contribution in [0.4, 0.5) is 5.00 Å². The molecule has 0 aliphatic rings. The Hall–Kier alpha value is -3.03. The molecule has 6 nitrogen and oxygen atoms in total. The summed E-state index contributed by atoms with van der Waals surface area (Å²) in [6, 6.07) is 10.5. The van der Waals surface area contributed by atoms with Crippen molar-refractivity contribution >= 4 is 22.3 Å². The Kier molecular flexibility index (Phi) is 5.19. The number of thiophene rings is 1. The molecule has 0 unspecified atom stereocenters. The number of nitrogens with zero attached hydrogens (tertiary/aromatic N) is 2. The zero-order valence-corrected chi connectivity index (χ0v) is 13.1. The van der Waals surface area contributed by atoms with Crippen LogP contribution in [0.5, 0.6) is 5.75 Å². The van der Waals surface area contributed by atoms with Crippen LogP contribution in [0, 0.1) is 22.7 Å². The van der Waals surface area contributed by atoms with Gasteiger partial charge < -0.3 is 15.2 Å². The summed E-state index contributed by atoms with van der Waals surface area (Å²) in [6.07, 6.45) is 0. The van der Waals surface area contributed by atoms with Gasteiger partial charge in [-0.2, -0.15) is 10.5 Å². The molecule has 1 heterocycles. The SMILES string of the molecule is CCOC(=O)c1sc(N)c(C#N)c1COc1ccc(C#N)cc1. The molecule has 0 amide bonds. The van der Waals surface area contributed by atoms with Gasteiger partial charge in [-0.05, 0) is 31.2 Å². The Bertz CT molecular complexity index is 798. The number of ether oxygens (including phenoxy) is 2. The fraction of sp³-hybridized carbons (Fsp3) is 0.188. The number of hydrogen-bond acceptors (Lipinski definition) is 7. The van der Waals surface area contributed by atoms with Gasteiger partial charge in [0, 0.05) is 5.56 Å². The highest BCUT2D eigenvalue weighted by atomic mass is 32.1. The van der Waals surface area contributed by atoms with Crippen molar-refractivity contribution in [3.8, 4) is 17.9 Å². The molecule has 0 aliphatic heterocycles. The molecule has 7 heteroatoms. The maximum absolute atomic E-state index is 12.0. The van der Waals surface area contributed by atoms with Crippen molar-refractivity contribution < 1.29 is 14.3 Å². The van der Waals surface area contributed by atoms with Crippen LogP contribution in [0.3, 0.4) is 0 Å². The zero-order chi connectivity index (χ0) is 16.8. The van der Waals surface area contributed by atoms with Gasteiger partial charge >= 0.3 is 5.97 Å². The van der Waals surface area contributed by atoms with Gasteiger partial charge in [-0.25, -0.2) is 4.79 Å². The average molecular weight is 327 g/mol. The standard InChI is InChI=1S/C16H13N3O3S/c1-2-21-16(20)14-13(12(8-18)15(19)23-14)9-22-11-5-3-10(7-17)4-6-11/h3-6H,2,9,19H2,1H3. The summed E-state index contributed by atoms with van der Waals surface area (Å²) in [4.78, 5) is 12.2. The van der Waals surface area contributed by atoms with Crippen molar-refractivity contribution in [2.24, 2.45) is 0 Å². The van der Waals surface area contributed by atoms with Crippen molar-refractivity contribution in [1.29, 1.82) is 10.5 Å². The summed E-state index contributed by atoms with van der Waals surface area (Å²) >= 11 is 1.01. The van der Waals surface area contributed by atoms with Gasteiger partial charge in [-0.15, -0.1) is 11.3 Å². The summed E-state index contributed by atoms with van der Waals surface area (Å²) in [7, 11) is 0. The minimum Gasteiger partial charge on any atom is -0.489 e. The number of nitrogen functional groups attached to an aromatic ring is 1. The van der Waals surface area contributed by atoms with Gasteiger partial charge in [0.05, 0.1) is 23.8 Å². The van der Waals surface area contributed by atoms with E-state index in [0.29, 0.717) is 16.9 Å². The van der Waals surface area contributed by atoms with Crippen molar-refractivity contribution in [2.45, 2.75) is 13.5 Å². The van der Waals surface area contributed by atoms with Gasteiger partial charge in [0.25, 0.3) is 0 Å². The summed E-state index contributed by atoms with van der Waals surface area (Å²) in [5.74, 6) is -0.00315. The third kappa shape index (κ3) is 3.60. The third-order valence-electron chi connectivity index (χ3n) is 2.97. The molecule has 23 heavy (non-hydrogen) atoms. The average Bonchev–Trinajstić information content (AvgIpc) is 2.89. The Morgan fingerprint density at radius 2 is 1.96 bits per heavy atom. The molecule has 0 bridgehead atoms. The summed E-state index contributed by atoms with van der Waals surface area (Å²) < 4.78 is 10.6. The second-order valence-electron chi connectivity index (χ2n) is 4.41. The summed E-state index contributed by atoms with van der Waals surface area (Å²) in [6.45, 7) is 1.94. The van der Waals surface area contributed by atoms with E-state index in [9.17, 15) is 10.1 Å². The number of esters is 1. The van der Waals surface area contributed by atoms with E-state index >= 15 is 0 Å². The van der Waals surface area contributed by atoms with Gasteiger partial charge in [0.1, 0.15) is 28.3 Å². The lowest BCUT2D eigenvalue weighted by molar-refractivity contribution is 0.0529. The Morgan fingerprint density at radius 1 is 1.26 bits per heavy atom. The lowest BCUT2D eigenvalue weighted by Gasteiger charge is -2.07. The second kappa shape index (κ2) is 7.30. The largest absolute Gasteiger partial charge is 0.489 e. The molecule has 2 N–H and O–H groups in total. The zero-order valence-electron chi connectivity index (χ0n) is 12.3. The number of carbonyl (C=O) groups excluding carboxylic acids is 1. The lowest BCUT2D eigenvalue weighted by Crippen LogP contribution is -2.08. The molecular formula is C16H13N3O3S. The molecule has 0 spiro atoms. The van der Waals surface area contributed by atoms with Crippen LogP contribution in [0.25, 0.3) is 0 Å². The number of rotatable bonds is 5. The van der Waals surface area contributed by atoms with E-state index < -0.39 is 5.97 Å². The van der Waals surface area contributed by atoms with Crippen LogP contribution >= 0.6 is 11.3 Å². The van der Waals surface area contributed by atoms with E-state index in [2.05, 4.69) is 0 Å². The molecule has 2 rings (SSSR count). The highest BCUT2D eigenvalue weighted by Crippen LogP contribution is 2.32. The van der Waals surface area contributed by atoms with Crippen LogP contribution in [0.2, 0.25) is 0 Å². The monoisotopic (exact) mass is 327 g/mol. The predicted molar refractivity (Wildman–Crippen MR) is 84.9 cm³/mol. The van der Waals surface area contributed by atoms with Crippen LogP contribution in [-0.2, 0) is 11.3 Å². The second-order valence-corrected chi connectivity index (χ2v) is 5.46. The minimum absolute atomic E-state index is 0.0106. The van der Waals surface area contributed by atoms with Gasteiger partial charge in [0.2, 0.25) is 0 Å². The van der Waals surface area contributed by atoms with E-state index in [-0.39, 0.29) is 28.7 Å². The molecule has 0 aliphatic carbocycles. The fourth-order valence-corrected chi connectivity index (χ4v) is 2.81. The lowest BCUT2D eigenvalue weighted by atomic mass is 10.1. The molecular weight excluding hydrogens is 314 g/mol. The van der Waals surface area contributed by atoms with Crippen molar-refractivity contribution in [1.82, 2.24) is 0 Å². The van der Waals surface area contributed by atoms with Crippen LogP contribution in [0.1, 0.15) is 33.3 Å². The van der Waals surface area contributed by atoms with E-state index in [1.165, 1.54) is 0 Å². The van der Waals surface area contributed by atoms with Crippen LogP contribution in [-0.4, -0.2) is 12.6 Å². The highest BCUT2D eigenvalue weighted by Gasteiger charge is 2.23. The summed E-state index contributed by atoms with van der Waals surface area (Å²) in [5, 5.41) is 18.2. The van der Waals surface area contributed by atoms with Gasteiger partial charge in [-0.1, -0.05) is 0 Å². The quantitative estimate of drug-likeness (QED) is 0.846. The fourth-order valence-electron chi connectivity index (χ4n) is 1.89. The maximum atomic E-state index is 12.0. The minimum atomic E-state index is -0.524. The predicted octanol–water partition coefficient (Wildman–Crippen LogP) is 2.83. The Labute approximate surface area is 137 Å². The summed E-state index contributed by atoms with van der Waals surface area (Å²) in [5.41, 5.74) is 6.95. The smallest absolute Gasteiger partial charge is 0.348 e. The molecule has 0 saturated carbocycles. The topological polar surface area (TPSA) is 109 Å². The first-order valence-electron chi connectivity index (χ1n) is 6.72. The molecule has 0 radical (unpaired) electrons. The molecule has 0 saturated heterocycles. The van der Waals surface area contributed by atoms with Crippen molar-refractivity contribution in [3.05, 3.63) is 45.8 Å². The first kappa shape index (κ1) is 16.3. The van der Waals surface area contributed by atoms with Crippen LogP contribution in [0.15, 0.2) is 24.3 Å². The number of hydrogen-bond donors (Lipinski definition) is 1. The van der Waals surface area contributed by atoms with E-state index in [1.807, 2.05) is 12.1 Å². The van der Waals surface area contributed by atoms with E-state index in [1.54, 1.807) is 31.2 Å². The van der Waals surface area contributed by atoms with Crippen LogP contribution < -0.4 is 10.5 Å². The molecule has 116 valence electrons. The molecule has 0 atom stereocenters. The number of anilines is 1. The molecule has 2 aromatic rings.